The number of hydrogen-bond donors (Lipinski definition) is 3. The van der Waals surface area contributed by atoms with E-state index < -0.39 is 23.4 Å². The fraction of sp³-hybridized carbons (Fsp3) is 0.0476. The molecule has 1 unspecified atom stereocenters. The number of nitrogens with one attached hydrogen (secondary N) is 1. The van der Waals surface area contributed by atoms with E-state index in [2.05, 4.69) is 31.2 Å². The van der Waals surface area contributed by atoms with E-state index in [9.17, 15) is 18.8 Å². The minimum Gasteiger partial charge on any atom is -0.382 e. The van der Waals surface area contributed by atoms with Gasteiger partial charge in [-0.1, -0.05) is 6.07 Å². The Morgan fingerprint density at radius 1 is 1.15 bits per heavy atom. The van der Waals surface area contributed by atoms with Crippen LogP contribution < -0.4 is 22.3 Å². The minimum absolute atomic E-state index is 0.0184. The van der Waals surface area contributed by atoms with Crippen LogP contribution in [0.15, 0.2) is 41.2 Å². The highest BCUT2D eigenvalue weighted by molar-refractivity contribution is 5.84. The van der Waals surface area contributed by atoms with E-state index in [1.54, 1.807) is 0 Å². The summed E-state index contributed by atoms with van der Waals surface area (Å²) < 4.78 is 29.2. The van der Waals surface area contributed by atoms with Gasteiger partial charge in [-0.3, -0.25) is 14.7 Å². The van der Waals surface area contributed by atoms with Gasteiger partial charge in [0.05, 0.1) is 22.2 Å². The van der Waals surface area contributed by atoms with E-state index in [1.807, 2.05) is 6.07 Å². The largest absolute Gasteiger partial charge is 0.405 e. The molecule has 12 heteroatoms. The number of rotatable bonds is 2. The van der Waals surface area contributed by atoms with E-state index in [0.717, 1.165) is 22.8 Å². The molecule has 5 rings (SSSR count). The Morgan fingerprint density at radius 3 is 2.73 bits per heavy atom. The molecule has 0 fully saturated rings. The molecule has 3 heterocycles. The lowest BCUT2D eigenvalue weighted by Gasteiger charge is -2.16. The first-order valence-corrected chi connectivity index (χ1v) is 9.43. The molecule has 160 valence electrons. The number of nitrogens with two attached hydrogens (primary N) is 2. The summed E-state index contributed by atoms with van der Waals surface area (Å²) in [6.45, 7) is 0. The molecule has 0 amide bonds. The highest BCUT2D eigenvalue weighted by Crippen LogP contribution is 2.30. The summed E-state index contributed by atoms with van der Waals surface area (Å²) in [5.74, 6) is -1.27. The van der Waals surface area contributed by atoms with Gasteiger partial charge in [0, 0.05) is 0 Å². The SMILES string of the molecule is N#Cc1cc(F)cc2c(=O)n(-c3cccc(F)c3)c(C3[N+]#Cc4c(N)nc(N)nc4N3)nc12. The maximum absolute atomic E-state index is 14.1. The van der Waals surface area contributed by atoms with Crippen molar-refractivity contribution in [2.75, 3.05) is 16.8 Å². The Balaban J connectivity index is 1.83. The first kappa shape index (κ1) is 19.8. The Labute approximate surface area is 183 Å². The molecule has 0 saturated carbocycles. The summed E-state index contributed by atoms with van der Waals surface area (Å²) in [6, 6.07) is 11.7. The van der Waals surface area contributed by atoms with Crippen LogP contribution in [0.4, 0.5) is 26.4 Å². The average molecular weight is 444 g/mol. The Bertz CT molecular complexity index is 1650. The number of benzene rings is 2. The summed E-state index contributed by atoms with van der Waals surface area (Å²) in [6.07, 6.45) is -1.05. The molecule has 0 bridgehead atoms. The van der Waals surface area contributed by atoms with E-state index in [1.165, 1.54) is 18.2 Å². The normalized spacial score (nSPS) is 14.0. The van der Waals surface area contributed by atoms with Crippen molar-refractivity contribution in [1.29, 1.82) is 5.26 Å². The van der Waals surface area contributed by atoms with Gasteiger partial charge in [0.1, 0.15) is 17.7 Å². The Morgan fingerprint density at radius 2 is 1.97 bits per heavy atom. The molecule has 0 radical (unpaired) electrons. The molecule has 33 heavy (non-hydrogen) atoms. The molecule has 0 spiro atoms. The third-order valence-electron chi connectivity index (χ3n) is 4.93. The van der Waals surface area contributed by atoms with Gasteiger partial charge >= 0.3 is 12.2 Å². The number of hydrogen-bond acceptors (Lipinski definition) is 8. The highest BCUT2D eigenvalue weighted by atomic mass is 19.1. The fourth-order valence-corrected chi connectivity index (χ4v) is 3.53. The highest BCUT2D eigenvalue weighted by Gasteiger charge is 2.34. The van der Waals surface area contributed by atoms with Gasteiger partial charge in [0.25, 0.3) is 5.56 Å². The van der Waals surface area contributed by atoms with Crippen molar-refractivity contribution in [2.45, 2.75) is 6.17 Å². The number of halogens is 2. The predicted molar refractivity (Wildman–Crippen MR) is 116 cm³/mol. The average Bonchev–Trinajstić information content (AvgIpc) is 2.78. The van der Waals surface area contributed by atoms with Crippen molar-refractivity contribution >= 4 is 28.5 Å². The van der Waals surface area contributed by atoms with E-state index >= 15 is 0 Å². The van der Waals surface area contributed by atoms with Crippen molar-refractivity contribution in [2.24, 2.45) is 0 Å². The lowest BCUT2D eigenvalue weighted by molar-refractivity contribution is 0.624. The quantitative estimate of drug-likeness (QED) is 0.426. The lowest BCUT2D eigenvalue weighted by Crippen LogP contribution is -2.28. The van der Waals surface area contributed by atoms with Crippen LogP contribution in [0.3, 0.4) is 0 Å². The number of anilines is 3. The molecular formula is C21H12F2N9O+. The van der Waals surface area contributed by atoms with Crippen molar-refractivity contribution in [3.63, 3.8) is 0 Å². The van der Waals surface area contributed by atoms with E-state index in [-0.39, 0.29) is 51.1 Å². The first-order valence-electron chi connectivity index (χ1n) is 9.43. The zero-order valence-electron chi connectivity index (χ0n) is 16.5. The molecule has 5 N–H and O–H groups in total. The van der Waals surface area contributed by atoms with Crippen LogP contribution in [0.5, 0.6) is 0 Å². The fourth-order valence-electron chi connectivity index (χ4n) is 3.53. The van der Waals surface area contributed by atoms with Gasteiger partial charge in [-0.05, 0) is 35.2 Å². The third-order valence-corrected chi connectivity index (χ3v) is 4.93. The maximum Gasteiger partial charge on any atom is 0.405 e. The van der Waals surface area contributed by atoms with Crippen LogP contribution in [0, 0.1) is 29.0 Å². The standard InChI is InChI=1S/C21H11F2N9O/c22-10-2-1-3-12(5-10)32-19(18-27-8-14-16(25)29-21(26)31-17(14)30-18)28-15-9(7-24)4-11(23)6-13(15)20(32)33/h1-6,18H,(H4,25,26,29,30,31)/p+1. The summed E-state index contributed by atoms with van der Waals surface area (Å²) in [5.41, 5.74) is 11.0. The van der Waals surface area contributed by atoms with Gasteiger partial charge in [-0.25, -0.2) is 13.8 Å². The zero-order valence-corrected chi connectivity index (χ0v) is 16.5. The van der Waals surface area contributed by atoms with Crippen LogP contribution in [0.25, 0.3) is 21.4 Å². The second-order valence-corrected chi connectivity index (χ2v) is 7.03. The molecule has 0 aliphatic carbocycles. The predicted octanol–water partition coefficient (Wildman–Crippen LogP) is 2.30. The molecule has 1 atom stereocenters. The van der Waals surface area contributed by atoms with Gasteiger partial charge in [0.15, 0.2) is 17.2 Å². The summed E-state index contributed by atoms with van der Waals surface area (Å²) in [7, 11) is 0. The molecule has 1 aliphatic heterocycles. The van der Waals surface area contributed by atoms with Crippen molar-refractivity contribution < 1.29 is 8.78 Å². The molecule has 2 aromatic heterocycles. The zero-order chi connectivity index (χ0) is 23.3. The van der Waals surface area contributed by atoms with E-state index in [0.29, 0.717) is 0 Å². The summed E-state index contributed by atoms with van der Waals surface area (Å²) in [5, 5.41) is 12.2. The molecule has 0 saturated heterocycles. The van der Waals surface area contributed by atoms with Gasteiger partial charge < -0.3 is 11.5 Å². The second-order valence-electron chi connectivity index (χ2n) is 7.03. The van der Waals surface area contributed by atoms with Gasteiger partial charge in [-0.15, -0.1) is 0 Å². The third kappa shape index (κ3) is 3.23. The Hall–Kier alpha value is -5.10. The molecule has 1 aliphatic rings. The first-order chi connectivity index (χ1) is 15.9. The van der Waals surface area contributed by atoms with Crippen LogP contribution in [0.2, 0.25) is 0 Å². The summed E-state index contributed by atoms with van der Waals surface area (Å²) in [4.78, 5) is 30.0. The number of nitriles is 1. The number of aromatic nitrogens is 4. The minimum atomic E-state index is -1.05. The lowest BCUT2D eigenvalue weighted by atomic mass is 10.1. The van der Waals surface area contributed by atoms with Crippen LogP contribution >= 0.6 is 0 Å². The molecule has 2 aromatic carbocycles. The summed E-state index contributed by atoms with van der Waals surface area (Å²) >= 11 is 0. The van der Waals surface area contributed by atoms with Crippen LogP contribution in [-0.2, 0) is 0 Å². The smallest absolute Gasteiger partial charge is 0.382 e. The molecule has 4 aromatic rings. The topological polar surface area (TPSA) is 153 Å². The molecule has 10 nitrogen and oxygen atoms in total. The van der Waals surface area contributed by atoms with Crippen molar-refractivity contribution in [1.82, 2.24) is 19.5 Å². The number of nitrogen functional groups attached to an aromatic ring is 2. The monoisotopic (exact) mass is 444 g/mol. The van der Waals surface area contributed by atoms with Crippen molar-refractivity contribution in [3.8, 4) is 17.8 Å². The van der Waals surface area contributed by atoms with Gasteiger partial charge in [-0.2, -0.15) is 15.2 Å². The van der Waals surface area contributed by atoms with E-state index in [4.69, 9.17) is 11.5 Å². The van der Waals surface area contributed by atoms with Crippen LogP contribution in [0.1, 0.15) is 23.1 Å². The van der Waals surface area contributed by atoms with Gasteiger partial charge in [0.2, 0.25) is 11.8 Å². The number of fused-ring (bicyclic) bond motifs is 2. The number of nitrogens with zero attached hydrogens (tertiary/aromatic N) is 6. The Kier molecular flexibility index (Phi) is 4.36. The van der Waals surface area contributed by atoms with Crippen molar-refractivity contribution in [3.05, 3.63) is 80.2 Å². The van der Waals surface area contributed by atoms with Crippen LogP contribution in [-0.4, -0.2) is 19.5 Å². The second kappa shape index (κ2) is 7.25. The molecular weight excluding hydrogens is 432 g/mol. The maximum atomic E-state index is 14.1.